The van der Waals surface area contributed by atoms with Gasteiger partial charge in [0, 0.05) is 57.7 Å². The van der Waals surface area contributed by atoms with Gasteiger partial charge < -0.3 is 9.30 Å². The highest BCUT2D eigenvalue weighted by molar-refractivity contribution is 5.69. The normalized spacial score (nSPS) is 21.1. The number of ether oxygens (including phenoxy) is 1. The molecule has 0 amide bonds. The zero-order valence-electron chi connectivity index (χ0n) is 12.7. The van der Waals surface area contributed by atoms with Crippen molar-refractivity contribution in [2.75, 3.05) is 33.3 Å². The summed E-state index contributed by atoms with van der Waals surface area (Å²) in [5.74, 6) is -0.121. The molecule has 1 atom stereocenters. The van der Waals surface area contributed by atoms with E-state index in [2.05, 4.69) is 46.7 Å². The van der Waals surface area contributed by atoms with E-state index >= 15 is 0 Å². The summed E-state index contributed by atoms with van der Waals surface area (Å²) in [5.41, 5.74) is 1.35. The van der Waals surface area contributed by atoms with Gasteiger partial charge in [-0.05, 0) is 19.1 Å². The number of methoxy groups -OCH3 is 1. The van der Waals surface area contributed by atoms with Crippen LogP contribution in [0, 0.1) is 0 Å². The number of hydrogen-bond donors (Lipinski definition) is 0. The average molecular weight is 279 g/mol. The van der Waals surface area contributed by atoms with Gasteiger partial charge in [0.05, 0.1) is 13.5 Å². The minimum atomic E-state index is -0.121. The van der Waals surface area contributed by atoms with Gasteiger partial charge >= 0.3 is 5.97 Å². The fourth-order valence-electron chi connectivity index (χ4n) is 2.73. The van der Waals surface area contributed by atoms with E-state index < -0.39 is 0 Å². The number of carbonyl (C=O) groups is 1. The van der Waals surface area contributed by atoms with Crippen LogP contribution in [-0.2, 0) is 23.1 Å². The first-order valence-electron chi connectivity index (χ1n) is 7.23. The van der Waals surface area contributed by atoms with Crippen molar-refractivity contribution >= 4 is 5.97 Å². The van der Waals surface area contributed by atoms with Crippen molar-refractivity contribution in [1.82, 2.24) is 14.4 Å². The molecule has 0 aromatic carbocycles. The quantitative estimate of drug-likeness (QED) is 0.756. The molecule has 2 heterocycles. The molecule has 112 valence electrons. The molecule has 5 nitrogen and oxygen atoms in total. The summed E-state index contributed by atoms with van der Waals surface area (Å²) in [7, 11) is 3.54. The highest BCUT2D eigenvalue weighted by Crippen LogP contribution is 2.14. The fourth-order valence-corrected chi connectivity index (χ4v) is 2.73. The second-order valence-electron chi connectivity index (χ2n) is 5.56. The van der Waals surface area contributed by atoms with Crippen LogP contribution in [0.15, 0.2) is 18.3 Å². The van der Waals surface area contributed by atoms with E-state index in [9.17, 15) is 4.79 Å². The number of aryl methyl sites for hydroxylation is 1. The van der Waals surface area contributed by atoms with Crippen LogP contribution in [0.5, 0.6) is 0 Å². The van der Waals surface area contributed by atoms with Crippen molar-refractivity contribution in [3.05, 3.63) is 24.0 Å². The van der Waals surface area contributed by atoms with Crippen LogP contribution in [0.4, 0.5) is 0 Å². The Bertz CT molecular complexity index is 444. The van der Waals surface area contributed by atoms with Crippen LogP contribution in [-0.4, -0.2) is 59.7 Å². The number of rotatable bonds is 5. The summed E-state index contributed by atoms with van der Waals surface area (Å²) in [6.07, 6.45) is 2.58. The Kier molecular flexibility index (Phi) is 5.20. The SMILES string of the molecule is COC(=O)CCN1CCN(Cc2cccn2C)[C@@H](C)C1. The zero-order valence-corrected chi connectivity index (χ0v) is 12.7. The molecule has 1 aliphatic rings. The lowest BCUT2D eigenvalue weighted by Gasteiger charge is -2.39. The van der Waals surface area contributed by atoms with Gasteiger partial charge in [0.1, 0.15) is 0 Å². The van der Waals surface area contributed by atoms with E-state index in [-0.39, 0.29) is 5.97 Å². The first-order chi connectivity index (χ1) is 9.60. The van der Waals surface area contributed by atoms with E-state index in [1.807, 2.05) is 0 Å². The van der Waals surface area contributed by atoms with Gasteiger partial charge in [-0.2, -0.15) is 0 Å². The van der Waals surface area contributed by atoms with E-state index in [1.54, 1.807) is 0 Å². The molecule has 0 saturated carbocycles. The highest BCUT2D eigenvalue weighted by Gasteiger charge is 2.24. The van der Waals surface area contributed by atoms with Gasteiger partial charge in [0.15, 0.2) is 0 Å². The maximum absolute atomic E-state index is 11.2. The highest BCUT2D eigenvalue weighted by atomic mass is 16.5. The number of aromatic nitrogens is 1. The second-order valence-corrected chi connectivity index (χ2v) is 5.56. The molecule has 0 bridgehead atoms. The standard InChI is InChI=1S/C15H25N3O2/c1-13-11-17(8-6-15(19)20-3)9-10-18(13)12-14-5-4-7-16(14)2/h4-5,7,13H,6,8-12H2,1-3H3/t13-/m0/s1. The monoisotopic (exact) mass is 279 g/mol. The van der Waals surface area contributed by atoms with Crippen molar-refractivity contribution < 1.29 is 9.53 Å². The molecule has 0 radical (unpaired) electrons. The predicted octanol–water partition coefficient (Wildman–Crippen LogP) is 1.09. The lowest BCUT2D eigenvalue weighted by atomic mass is 10.1. The average Bonchev–Trinajstić information content (AvgIpc) is 2.84. The molecule has 0 N–H and O–H groups in total. The largest absolute Gasteiger partial charge is 0.469 e. The van der Waals surface area contributed by atoms with Crippen LogP contribution in [0.2, 0.25) is 0 Å². The predicted molar refractivity (Wildman–Crippen MR) is 78.4 cm³/mol. The molecule has 1 aliphatic heterocycles. The summed E-state index contributed by atoms with van der Waals surface area (Å²) in [6, 6.07) is 4.78. The van der Waals surface area contributed by atoms with Gasteiger partial charge in [-0.3, -0.25) is 14.6 Å². The van der Waals surface area contributed by atoms with Gasteiger partial charge in [-0.1, -0.05) is 0 Å². The molecule has 0 spiro atoms. The molecule has 0 unspecified atom stereocenters. The molecule has 20 heavy (non-hydrogen) atoms. The summed E-state index contributed by atoms with van der Waals surface area (Å²) < 4.78 is 6.87. The molecular formula is C15H25N3O2. The minimum Gasteiger partial charge on any atom is -0.469 e. The number of esters is 1. The molecule has 1 saturated heterocycles. The Balaban J connectivity index is 1.80. The third-order valence-electron chi connectivity index (χ3n) is 4.13. The topological polar surface area (TPSA) is 37.7 Å². The van der Waals surface area contributed by atoms with Gasteiger partial charge in [-0.15, -0.1) is 0 Å². The maximum atomic E-state index is 11.2. The van der Waals surface area contributed by atoms with Crippen molar-refractivity contribution in [2.24, 2.45) is 7.05 Å². The maximum Gasteiger partial charge on any atom is 0.306 e. The molecule has 2 rings (SSSR count). The van der Waals surface area contributed by atoms with E-state index in [0.717, 1.165) is 32.7 Å². The van der Waals surface area contributed by atoms with E-state index in [0.29, 0.717) is 12.5 Å². The van der Waals surface area contributed by atoms with Crippen LogP contribution < -0.4 is 0 Å². The fraction of sp³-hybridized carbons (Fsp3) is 0.667. The van der Waals surface area contributed by atoms with E-state index in [4.69, 9.17) is 4.74 Å². The summed E-state index contributed by atoms with van der Waals surface area (Å²) in [6.45, 7) is 7.14. The zero-order chi connectivity index (χ0) is 14.5. The molecular weight excluding hydrogens is 254 g/mol. The lowest BCUT2D eigenvalue weighted by molar-refractivity contribution is -0.141. The van der Waals surface area contributed by atoms with Crippen molar-refractivity contribution in [3.63, 3.8) is 0 Å². The Morgan fingerprint density at radius 3 is 2.85 bits per heavy atom. The van der Waals surface area contributed by atoms with Crippen LogP contribution in [0.25, 0.3) is 0 Å². The van der Waals surface area contributed by atoms with E-state index in [1.165, 1.54) is 12.8 Å². The van der Waals surface area contributed by atoms with Crippen molar-refractivity contribution in [3.8, 4) is 0 Å². The molecule has 1 aromatic rings. The molecule has 1 aromatic heterocycles. The summed E-state index contributed by atoms with van der Waals surface area (Å²) in [5, 5.41) is 0. The Labute approximate surface area is 121 Å². The number of hydrogen-bond acceptors (Lipinski definition) is 4. The van der Waals surface area contributed by atoms with Crippen molar-refractivity contribution in [1.29, 1.82) is 0 Å². The summed E-state index contributed by atoms with van der Waals surface area (Å²) >= 11 is 0. The smallest absolute Gasteiger partial charge is 0.306 e. The third kappa shape index (κ3) is 3.84. The molecule has 1 fully saturated rings. The van der Waals surface area contributed by atoms with Crippen LogP contribution in [0.1, 0.15) is 19.0 Å². The number of carbonyl (C=O) groups excluding carboxylic acids is 1. The first-order valence-corrected chi connectivity index (χ1v) is 7.23. The molecule has 0 aliphatic carbocycles. The third-order valence-corrected chi connectivity index (χ3v) is 4.13. The lowest BCUT2D eigenvalue weighted by Crippen LogP contribution is -2.51. The van der Waals surface area contributed by atoms with Crippen molar-refractivity contribution in [2.45, 2.75) is 25.9 Å². The number of nitrogens with zero attached hydrogens (tertiary/aromatic N) is 3. The van der Waals surface area contributed by atoms with Gasteiger partial charge in [-0.25, -0.2) is 0 Å². The van der Waals surface area contributed by atoms with Crippen LogP contribution >= 0.6 is 0 Å². The number of piperazine rings is 1. The minimum absolute atomic E-state index is 0.121. The first kappa shape index (κ1) is 15.1. The Hall–Kier alpha value is -1.33. The Morgan fingerprint density at radius 2 is 2.25 bits per heavy atom. The summed E-state index contributed by atoms with van der Waals surface area (Å²) in [4.78, 5) is 16.0. The second kappa shape index (κ2) is 6.90. The van der Waals surface area contributed by atoms with Gasteiger partial charge in [0.25, 0.3) is 0 Å². The molecule has 5 heteroatoms. The van der Waals surface area contributed by atoms with Crippen LogP contribution in [0.3, 0.4) is 0 Å². The van der Waals surface area contributed by atoms with Gasteiger partial charge in [0.2, 0.25) is 0 Å². The Morgan fingerprint density at radius 1 is 1.45 bits per heavy atom.